The zero-order valence-electron chi connectivity index (χ0n) is 9.16. The lowest BCUT2D eigenvalue weighted by molar-refractivity contribution is -0.212. The smallest absolute Gasteiger partial charge is 0.381 e. The molecule has 0 spiro atoms. The molecule has 1 aliphatic heterocycles. The molecule has 0 amide bonds. The molecule has 0 aromatic rings. The number of ether oxygens (including phenoxy) is 3. The van der Waals surface area contributed by atoms with E-state index in [1.807, 2.05) is 0 Å². The second-order valence-corrected chi connectivity index (χ2v) is 4.56. The Labute approximate surface area is 94.6 Å². The van der Waals surface area contributed by atoms with Crippen LogP contribution in [0.25, 0.3) is 0 Å². The number of methoxy groups -OCH3 is 2. The first kappa shape index (κ1) is 13.8. The van der Waals surface area contributed by atoms with Crippen LogP contribution in [0.5, 0.6) is 0 Å². The molecule has 0 aromatic heterocycles. The Morgan fingerprint density at radius 3 is 2.50 bits per heavy atom. The molecular formula is C8H16O7S. The Balaban J connectivity index is 2.46. The highest BCUT2D eigenvalue weighted by Gasteiger charge is 2.30. The predicted molar refractivity (Wildman–Crippen MR) is 53.2 cm³/mol. The summed E-state index contributed by atoms with van der Waals surface area (Å²) in [6.45, 7) is -0.251. The Bertz CT molecular complexity index is 290. The summed E-state index contributed by atoms with van der Waals surface area (Å²) >= 11 is 0. The molecule has 7 nitrogen and oxygen atoms in total. The SMILES string of the molecule is CO[C@H]1CC(COS(=O)(=O)O)O[C@@H](OC)C1. The van der Waals surface area contributed by atoms with Gasteiger partial charge in [-0.15, -0.1) is 0 Å². The van der Waals surface area contributed by atoms with Gasteiger partial charge in [0.05, 0.1) is 18.8 Å². The van der Waals surface area contributed by atoms with Gasteiger partial charge >= 0.3 is 10.4 Å². The molecule has 96 valence electrons. The Hall–Kier alpha value is -0.250. The van der Waals surface area contributed by atoms with E-state index in [0.29, 0.717) is 12.8 Å². The largest absolute Gasteiger partial charge is 0.397 e. The molecule has 8 heteroatoms. The molecule has 0 aliphatic carbocycles. The third kappa shape index (κ3) is 4.73. The molecule has 16 heavy (non-hydrogen) atoms. The minimum absolute atomic E-state index is 0.0753. The van der Waals surface area contributed by atoms with Crippen molar-refractivity contribution in [3.8, 4) is 0 Å². The van der Waals surface area contributed by atoms with Gasteiger partial charge in [-0.3, -0.25) is 4.55 Å². The fraction of sp³-hybridized carbons (Fsp3) is 1.00. The average molecular weight is 256 g/mol. The lowest BCUT2D eigenvalue weighted by atomic mass is 10.1. The normalized spacial score (nSPS) is 31.6. The second kappa shape index (κ2) is 5.89. The van der Waals surface area contributed by atoms with Crippen LogP contribution in [0, 0.1) is 0 Å². The van der Waals surface area contributed by atoms with Gasteiger partial charge < -0.3 is 14.2 Å². The van der Waals surface area contributed by atoms with Crippen molar-refractivity contribution in [3.63, 3.8) is 0 Å². The molecule has 1 heterocycles. The summed E-state index contributed by atoms with van der Waals surface area (Å²) < 4.78 is 49.0. The maximum atomic E-state index is 10.4. The van der Waals surface area contributed by atoms with Crippen LogP contribution in [0.15, 0.2) is 0 Å². The predicted octanol–water partition coefficient (Wildman–Crippen LogP) is -0.0277. The highest BCUT2D eigenvalue weighted by atomic mass is 32.3. The third-order valence-electron chi connectivity index (χ3n) is 2.32. The van der Waals surface area contributed by atoms with Crippen molar-refractivity contribution >= 4 is 10.4 Å². The van der Waals surface area contributed by atoms with E-state index >= 15 is 0 Å². The molecular weight excluding hydrogens is 240 g/mol. The van der Waals surface area contributed by atoms with Crippen LogP contribution >= 0.6 is 0 Å². The zero-order chi connectivity index (χ0) is 12.2. The lowest BCUT2D eigenvalue weighted by Crippen LogP contribution is -2.40. The van der Waals surface area contributed by atoms with Crippen molar-refractivity contribution < 1.29 is 31.4 Å². The van der Waals surface area contributed by atoms with Crippen LogP contribution in [0.3, 0.4) is 0 Å². The summed E-state index contributed by atoms with van der Waals surface area (Å²) in [5.74, 6) is 0. The Morgan fingerprint density at radius 1 is 1.31 bits per heavy atom. The van der Waals surface area contributed by atoms with Gasteiger partial charge in [0.25, 0.3) is 0 Å². The highest BCUT2D eigenvalue weighted by molar-refractivity contribution is 7.80. The van der Waals surface area contributed by atoms with E-state index in [4.69, 9.17) is 18.8 Å². The minimum atomic E-state index is -4.43. The fourth-order valence-electron chi connectivity index (χ4n) is 1.54. The van der Waals surface area contributed by atoms with Crippen molar-refractivity contribution in [2.75, 3.05) is 20.8 Å². The van der Waals surface area contributed by atoms with E-state index in [9.17, 15) is 8.42 Å². The van der Waals surface area contributed by atoms with Gasteiger partial charge in [0, 0.05) is 27.1 Å². The molecule has 1 fully saturated rings. The van der Waals surface area contributed by atoms with Crippen LogP contribution in [0.1, 0.15) is 12.8 Å². The highest BCUT2D eigenvalue weighted by Crippen LogP contribution is 2.22. The molecule has 1 unspecified atom stereocenters. The third-order valence-corrected chi connectivity index (χ3v) is 2.76. The minimum Gasteiger partial charge on any atom is -0.381 e. The van der Waals surface area contributed by atoms with Crippen LogP contribution < -0.4 is 0 Å². The first-order valence-electron chi connectivity index (χ1n) is 4.77. The van der Waals surface area contributed by atoms with E-state index < -0.39 is 22.8 Å². The summed E-state index contributed by atoms with van der Waals surface area (Å²) in [6.07, 6.45) is 0.0642. The maximum absolute atomic E-state index is 10.4. The standard InChI is InChI=1S/C8H16O7S/c1-12-6-3-7(5-14-16(9,10)11)15-8(4-6)13-2/h6-8H,3-5H2,1-2H3,(H,9,10,11)/t6-,7?,8+/m0/s1. The molecule has 1 saturated heterocycles. The lowest BCUT2D eigenvalue weighted by Gasteiger charge is -2.33. The fourth-order valence-corrected chi connectivity index (χ4v) is 1.87. The van der Waals surface area contributed by atoms with E-state index in [2.05, 4.69) is 4.18 Å². The quantitative estimate of drug-likeness (QED) is 0.691. The Morgan fingerprint density at radius 2 is 2.00 bits per heavy atom. The van der Waals surface area contributed by atoms with Gasteiger partial charge in [0.1, 0.15) is 0 Å². The van der Waals surface area contributed by atoms with Crippen LogP contribution in [0.2, 0.25) is 0 Å². The number of hydrogen-bond acceptors (Lipinski definition) is 6. The van der Waals surface area contributed by atoms with E-state index in [0.717, 1.165) is 0 Å². The average Bonchev–Trinajstić information content (AvgIpc) is 2.25. The van der Waals surface area contributed by atoms with Gasteiger partial charge in [-0.25, -0.2) is 4.18 Å². The summed E-state index contributed by atoms with van der Waals surface area (Å²) in [5, 5.41) is 0. The van der Waals surface area contributed by atoms with Gasteiger partial charge in [0.2, 0.25) is 0 Å². The molecule has 1 N–H and O–H groups in total. The van der Waals surface area contributed by atoms with Crippen LogP contribution in [0.4, 0.5) is 0 Å². The van der Waals surface area contributed by atoms with Crippen molar-refractivity contribution in [1.82, 2.24) is 0 Å². The molecule has 3 atom stereocenters. The summed E-state index contributed by atoms with van der Waals surface area (Å²) in [5.41, 5.74) is 0. The van der Waals surface area contributed by atoms with Gasteiger partial charge in [-0.2, -0.15) is 8.42 Å². The zero-order valence-corrected chi connectivity index (χ0v) is 9.97. The summed E-state index contributed by atoms with van der Waals surface area (Å²) in [6, 6.07) is 0. The molecule has 0 saturated carbocycles. The van der Waals surface area contributed by atoms with Crippen molar-refractivity contribution in [2.45, 2.75) is 31.3 Å². The number of rotatable bonds is 5. The van der Waals surface area contributed by atoms with Gasteiger partial charge in [0.15, 0.2) is 6.29 Å². The molecule has 0 bridgehead atoms. The molecule has 1 aliphatic rings. The molecule has 0 radical (unpaired) electrons. The van der Waals surface area contributed by atoms with Crippen molar-refractivity contribution in [2.24, 2.45) is 0 Å². The van der Waals surface area contributed by atoms with Crippen molar-refractivity contribution in [1.29, 1.82) is 0 Å². The van der Waals surface area contributed by atoms with Crippen molar-refractivity contribution in [3.05, 3.63) is 0 Å². The Kier molecular flexibility index (Phi) is 5.09. The monoisotopic (exact) mass is 256 g/mol. The van der Waals surface area contributed by atoms with E-state index in [1.165, 1.54) is 7.11 Å². The first-order valence-corrected chi connectivity index (χ1v) is 6.14. The summed E-state index contributed by atoms with van der Waals surface area (Å²) in [7, 11) is -1.39. The van der Waals surface area contributed by atoms with E-state index in [-0.39, 0.29) is 12.7 Å². The summed E-state index contributed by atoms with van der Waals surface area (Å²) in [4.78, 5) is 0. The van der Waals surface area contributed by atoms with Gasteiger partial charge in [-0.05, 0) is 0 Å². The van der Waals surface area contributed by atoms with Crippen LogP contribution in [-0.2, 0) is 28.8 Å². The maximum Gasteiger partial charge on any atom is 0.397 e. The molecule has 1 rings (SSSR count). The topological polar surface area (TPSA) is 91.3 Å². The second-order valence-electron chi connectivity index (χ2n) is 3.46. The molecule has 0 aromatic carbocycles. The van der Waals surface area contributed by atoms with Gasteiger partial charge in [-0.1, -0.05) is 0 Å². The number of hydrogen-bond donors (Lipinski definition) is 1. The van der Waals surface area contributed by atoms with Crippen LogP contribution in [-0.4, -0.2) is 52.3 Å². The first-order chi connectivity index (χ1) is 7.44. The van der Waals surface area contributed by atoms with E-state index in [1.54, 1.807) is 7.11 Å².